The minimum absolute atomic E-state index is 0.348. The van der Waals surface area contributed by atoms with Crippen molar-refractivity contribution < 1.29 is 14.3 Å². The normalized spacial score (nSPS) is 10.7. The van der Waals surface area contributed by atoms with Crippen molar-refractivity contribution >= 4 is 22.9 Å². The molecule has 1 amide bonds. The van der Waals surface area contributed by atoms with Crippen molar-refractivity contribution in [2.45, 2.75) is 13.5 Å². The Labute approximate surface area is 173 Å². The van der Waals surface area contributed by atoms with E-state index in [1.807, 2.05) is 61.5 Å². The number of ether oxygens (including phenoxy) is 1. The van der Waals surface area contributed by atoms with Crippen LogP contribution in [0.1, 0.15) is 21.5 Å². The topological polar surface area (TPSA) is 84.1 Å². The molecular formula is C24H21N3O3. The molecule has 30 heavy (non-hydrogen) atoms. The number of benzene rings is 3. The lowest BCUT2D eigenvalue weighted by Gasteiger charge is -2.09. The van der Waals surface area contributed by atoms with Crippen molar-refractivity contribution in [3.63, 3.8) is 0 Å². The minimum atomic E-state index is -0.573. The van der Waals surface area contributed by atoms with E-state index < -0.39 is 5.97 Å². The number of rotatable bonds is 6. The van der Waals surface area contributed by atoms with Crippen LogP contribution < -0.4 is 5.32 Å². The van der Waals surface area contributed by atoms with E-state index in [1.165, 1.54) is 0 Å². The molecule has 4 aromatic rings. The predicted octanol–water partition coefficient (Wildman–Crippen LogP) is 4.01. The number of carbonyl (C=O) groups excluding carboxylic acids is 2. The van der Waals surface area contributed by atoms with Gasteiger partial charge in [-0.25, -0.2) is 9.78 Å². The maximum absolute atomic E-state index is 12.6. The van der Waals surface area contributed by atoms with Crippen LogP contribution in [0, 0.1) is 6.92 Å². The molecule has 6 heteroatoms. The van der Waals surface area contributed by atoms with Crippen molar-refractivity contribution in [1.82, 2.24) is 15.3 Å². The predicted molar refractivity (Wildman–Crippen MR) is 115 cm³/mol. The number of aromatic amines is 1. The molecule has 0 aliphatic rings. The van der Waals surface area contributed by atoms with Crippen LogP contribution in [0.15, 0.2) is 72.8 Å². The molecule has 1 heterocycles. The summed E-state index contributed by atoms with van der Waals surface area (Å²) in [7, 11) is 0. The smallest absolute Gasteiger partial charge is 0.339 e. The number of amides is 1. The molecule has 0 saturated heterocycles. The second-order valence-corrected chi connectivity index (χ2v) is 6.99. The fraction of sp³-hybridized carbons (Fsp3) is 0.125. The highest BCUT2D eigenvalue weighted by atomic mass is 16.5. The summed E-state index contributed by atoms with van der Waals surface area (Å²) in [6.45, 7) is 2.04. The number of hydrogen-bond acceptors (Lipinski definition) is 4. The van der Waals surface area contributed by atoms with Gasteiger partial charge >= 0.3 is 5.97 Å². The Bertz CT molecular complexity index is 1160. The zero-order chi connectivity index (χ0) is 20.9. The first-order valence-electron chi connectivity index (χ1n) is 9.63. The van der Waals surface area contributed by atoms with Crippen LogP contribution in [0.3, 0.4) is 0 Å². The van der Waals surface area contributed by atoms with Gasteiger partial charge in [0.1, 0.15) is 5.82 Å². The number of nitrogens with one attached hydrogen (secondary N) is 2. The van der Waals surface area contributed by atoms with Crippen LogP contribution in [-0.2, 0) is 16.1 Å². The van der Waals surface area contributed by atoms with Gasteiger partial charge in [-0.1, -0.05) is 60.2 Å². The SMILES string of the molecule is Cc1ccc(CNC(=O)COC(=O)c2ccccc2-c2nc3ccccc3[nH]2)cc1. The molecule has 0 radical (unpaired) electrons. The third kappa shape index (κ3) is 4.38. The number of para-hydroxylation sites is 2. The van der Waals surface area contributed by atoms with E-state index in [1.54, 1.807) is 18.2 Å². The highest BCUT2D eigenvalue weighted by Gasteiger charge is 2.17. The fourth-order valence-electron chi connectivity index (χ4n) is 3.11. The fourth-order valence-corrected chi connectivity index (χ4v) is 3.11. The van der Waals surface area contributed by atoms with Crippen molar-refractivity contribution in [1.29, 1.82) is 0 Å². The Hall–Kier alpha value is -3.93. The molecule has 150 valence electrons. The molecule has 0 spiro atoms. The standard InChI is InChI=1S/C24H21N3O3/c1-16-10-12-17(13-11-16)14-25-22(28)15-30-24(29)19-7-3-2-6-18(19)23-26-20-8-4-5-9-21(20)27-23/h2-13H,14-15H2,1H3,(H,25,28)(H,26,27). The molecule has 0 saturated carbocycles. The maximum atomic E-state index is 12.6. The largest absolute Gasteiger partial charge is 0.452 e. The number of fused-ring (bicyclic) bond motifs is 1. The van der Waals surface area contributed by atoms with Crippen LogP contribution in [0.25, 0.3) is 22.4 Å². The zero-order valence-corrected chi connectivity index (χ0v) is 16.5. The molecule has 0 unspecified atom stereocenters. The van der Waals surface area contributed by atoms with Gasteiger partial charge in [0.2, 0.25) is 0 Å². The Balaban J connectivity index is 1.41. The van der Waals surface area contributed by atoms with Gasteiger partial charge in [-0.15, -0.1) is 0 Å². The van der Waals surface area contributed by atoms with Crippen LogP contribution in [-0.4, -0.2) is 28.5 Å². The molecule has 1 aromatic heterocycles. The van der Waals surface area contributed by atoms with E-state index in [2.05, 4.69) is 15.3 Å². The number of carbonyl (C=O) groups is 2. The van der Waals surface area contributed by atoms with Crippen LogP contribution in [0.5, 0.6) is 0 Å². The Morgan fingerprint density at radius 3 is 2.50 bits per heavy atom. The monoisotopic (exact) mass is 399 g/mol. The maximum Gasteiger partial charge on any atom is 0.339 e. The van der Waals surface area contributed by atoms with Crippen LogP contribution in [0.2, 0.25) is 0 Å². The van der Waals surface area contributed by atoms with E-state index in [4.69, 9.17) is 4.74 Å². The van der Waals surface area contributed by atoms with E-state index in [-0.39, 0.29) is 12.5 Å². The highest BCUT2D eigenvalue weighted by molar-refractivity contribution is 5.98. The summed E-state index contributed by atoms with van der Waals surface area (Å²) in [6.07, 6.45) is 0. The van der Waals surface area contributed by atoms with E-state index in [0.717, 1.165) is 22.2 Å². The summed E-state index contributed by atoms with van der Waals surface area (Å²) in [6, 6.07) is 22.5. The van der Waals surface area contributed by atoms with Crippen molar-refractivity contribution in [2.24, 2.45) is 0 Å². The summed E-state index contributed by atoms with van der Waals surface area (Å²) in [5, 5.41) is 2.75. The summed E-state index contributed by atoms with van der Waals surface area (Å²) in [4.78, 5) is 32.5. The highest BCUT2D eigenvalue weighted by Crippen LogP contribution is 2.24. The second kappa shape index (κ2) is 8.61. The van der Waals surface area contributed by atoms with Gasteiger partial charge in [-0.05, 0) is 30.7 Å². The first-order valence-corrected chi connectivity index (χ1v) is 9.63. The lowest BCUT2D eigenvalue weighted by atomic mass is 10.1. The number of imidazole rings is 1. The average Bonchev–Trinajstić information content (AvgIpc) is 3.21. The minimum Gasteiger partial charge on any atom is -0.452 e. The van der Waals surface area contributed by atoms with Crippen LogP contribution >= 0.6 is 0 Å². The molecule has 0 bridgehead atoms. The van der Waals surface area contributed by atoms with Crippen molar-refractivity contribution in [3.05, 3.63) is 89.5 Å². The Kier molecular flexibility index (Phi) is 5.57. The molecule has 6 nitrogen and oxygen atoms in total. The number of H-pyrrole nitrogens is 1. The molecule has 0 aliphatic heterocycles. The van der Waals surface area contributed by atoms with E-state index in [9.17, 15) is 9.59 Å². The number of nitrogens with zero attached hydrogens (tertiary/aromatic N) is 1. The van der Waals surface area contributed by atoms with E-state index >= 15 is 0 Å². The third-order valence-electron chi connectivity index (χ3n) is 4.74. The summed E-state index contributed by atoms with van der Waals surface area (Å²) < 4.78 is 5.24. The average molecular weight is 399 g/mol. The summed E-state index contributed by atoms with van der Waals surface area (Å²) in [5.74, 6) is -0.353. The third-order valence-corrected chi connectivity index (χ3v) is 4.74. The summed E-state index contributed by atoms with van der Waals surface area (Å²) in [5.41, 5.74) is 4.80. The number of aromatic nitrogens is 2. The molecular weight excluding hydrogens is 378 g/mol. The van der Waals surface area contributed by atoms with Crippen molar-refractivity contribution in [3.8, 4) is 11.4 Å². The number of hydrogen-bond donors (Lipinski definition) is 2. The van der Waals surface area contributed by atoms with Gasteiger partial charge in [-0.3, -0.25) is 4.79 Å². The molecule has 4 rings (SSSR count). The molecule has 0 aliphatic carbocycles. The van der Waals surface area contributed by atoms with Gasteiger partial charge in [0, 0.05) is 12.1 Å². The van der Waals surface area contributed by atoms with Gasteiger partial charge in [0.05, 0.1) is 16.6 Å². The van der Waals surface area contributed by atoms with Gasteiger partial charge in [0.25, 0.3) is 5.91 Å². The van der Waals surface area contributed by atoms with Crippen LogP contribution in [0.4, 0.5) is 0 Å². The number of aryl methyl sites for hydroxylation is 1. The van der Waals surface area contributed by atoms with Crippen molar-refractivity contribution in [2.75, 3.05) is 6.61 Å². The quantitative estimate of drug-likeness (QED) is 0.480. The number of esters is 1. The van der Waals surface area contributed by atoms with Gasteiger partial charge in [-0.2, -0.15) is 0 Å². The second-order valence-electron chi connectivity index (χ2n) is 6.99. The van der Waals surface area contributed by atoms with Gasteiger partial charge < -0.3 is 15.0 Å². The zero-order valence-electron chi connectivity index (χ0n) is 16.5. The summed E-state index contributed by atoms with van der Waals surface area (Å²) >= 11 is 0. The van der Waals surface area contributed by atoms with Gasteiger partial charge in [0.15, 0.2) is 6.61 Å². The lowest BCUT2D eigenvalue weighted by molar-refractivity contribution is -0.124. The Morgan fingerprint density at radius 1 is 0.967 bits per heavy atom. The molecule has 0 fully saturated rings. The van der Waals surface area contributed by atoms with E-state index in [0.29, 0.717) is 23.5 Å². The molecule has 0 atom stereocenters. The molecule has 2 N–H and O–H groups in total. The first kappa shape index (κ1) is 19.4. The Morgan fingerprint density at radius 2 is 1.70 bits per heavy atom. The first-order chi connectivity index (χ1) is 14.6. The molecule has 3 aromatic carbocycles. The lowest BCUT2D eigenvalue weighted by Crippen LogP contribution is -2.28.